The Bertz CT molecular complexity index is 838. The number of ether oxygens (including phenoxy) is 2. The van der Waals surface area contributed by atoms with E-state index in [-0.39, 0.29) is 0 Å². The third kappa shape index (κ3) is 3.10. The Morgan fingerprint density at radius 2 is 1.42 bits per heavy atom. The second-order valence-corrected chi connectivity index (χ2v) is 5.75. The van der Waals surface area contributed by atoms with Crippen molar-refractivity contribution in [1.29, 1.82) is 0 Å². The van der Waals surface area contributed by atoms with E-state index in [2.05, 4.69) is 30.3 Å². The number of benzene rings is 3. The Kier molecular flexibility index (Phi) is 4.13. The molecule has 1 heterocycles. The van der Waals surface area contributed by atoms with Crippen molar-refractivity contribution in [3.63, 3.8) is 0 Å². The maximum atomic E-state index is 6.16. The second-order valence-electron chi connectivity index (χ2n) is 5.75. The SMILES string of the molecule is C1=C(c2ccccc2)O[C@@H](OCc2ccccc2)c2ccccc21. The van der Waals surface area contributed by atoms with Gasteiger partial charge in [0.05, 0.1) is 6.61 Å². The first-order chi connectivity index (χ1) is 11.9. The molecule has 0 spiro atoms. The van der Waals surface area contributed by atoms with Crippen molar-refractivity contribution < 1.29 is 9.47 Å². The van der Waals surface area contributed by atoms with Gasteiger partial charge in [0.2, 0.25) is 6.29 Å². The summed E-state index contributed by atoms with van der Waals surface area (Å²) in [6, 6.07) is 28.5. The summed E-state index contributed by atoms with van der Waals surface area (Å²) >= 11 is 0. The molecule has 24 heavy (non-hydrogen) atoms. The van der Waals surface area contributed by atoms with Crippen LogP contribution in [0.25, 0.3) is 11.8 Å². The molecule has 1 aliphatic rings. The van der Waals surface area contributed by atoms with Crippen LogP contribution in [-0.4, -0.2) is 0 Å². The van der Waals surface area contributed by atoms with Gasteiger partial charge in [-0.15, -0.1) is 0 Å². The van der Waals surface area contributed by atoms with Crippen molar-refractivity contribution in [1.82, 2.24) is 0 Å². The van der Waals surface area contributed by atoms with E-state index in [0.717, 1.165) is 28.0 Å². The number of rotatable bonds is 4. The number of fused-ring (bicyclic) bond motifs is 1. The fraction of sp³-hybridized carbons (Fsp3) is 0.0909. The molecule has 2 nitrogen and oxygen atoms in total. The zero-order chi connectivity index (χ0) is 16.2. The molecule has 0 saturated heterocycles. The molecule has 0 aliphatic carbocycles. The molecule has 1 atom stereocenters. The van der Waals surface area contributed by atoms with Crippen molar-refractivity contribution in [2.24, 2.45) is 0 Å². The van der Waals surface area contributed by atoms with Gasteiger partial charge in [-0.2, -0.15) is 0 Å². The smallest absolute Gasteiger partial charge is 0.227 e. The standard InChI is InChI=1S/C22H18O2/c1-3-9-17(10-4-1)16-23-22-20-14-8-7-13-19(20)15-21(24-22)18-11-5-2-6-12-18/h1-15,22H,16H2/t22-/m1/s1. The summed E-state index contributed by atoms with van der Waals surface area (Å²) in [4.78, 5) is 0. The summed E-state index contributed by atoms with van der Waals surface area (Å²) in [6.07, 6.45) is 1.68. The van der Waals surface area contributed by atoms with Gasteiger partial charge in [0.1, 0.15) is 5.76 Å². The normalized spacial score (nSPS) is 16.0. The Morgan fingerprint density at radius 3 is 2.21 bits per heavy atom. The lowest BCUT2D eigenvalue weighted by Crippen LogP contribution is -2.13. The average molecular weight is 314 g/mol. The van der Waals surface area contributed by atoms with Crippen LogP contribution in [0.2, 0.25) is 0 Å². The monoisotopic (exact) mass is 314 g/mol. The first-order valence-corrected chi connectivity index (χ1v) is 8.08. The van der Waals surface area contributed by atoms with Gasteiger partial charge in [-0.3, -0.25) is 0 Å². The Labute approximate surface area is 142 Å². The molecule has 0 bridgehead atoms. The van der Waals surface area contributed by atoms with Gasteiger partial charge in [0, 0.05) is 11.1 Å². The van der Waals surface area contributed by atoms with Gasteiger partial charge in [0.25, 0.3) is 0 Å². The maximum Gasteiger partial charge on any atom is 0.227 e. The molecule has 0 unspecified atom stereocenters. The highest BCUT2D eigenvalue weighted by molar-refractivity contribution is 5.80. The third-order valence-electron chi connectivity index (χ3n) is 4.07. The van der Waals surface area contributed by atoms with Crippen LogP contribution in [0.3, 0.4) is 0 Å². The molecule has 3 aromatic rings. The fourth-order valence-electron chi connectivity index (χ4n) is 2.83. The van der Waals surface area contributed by atoms with E-state index in [1.54, 1.807) is 0 Å². The molecule has 0 fully saturated rings. The molecule has 3 aromatic carbocycles. The van der Waals surface area contributed by atoms with Crippen LogP contribution in [-0.2, 0) is 16.1 Å². The Hall–Kier alpha value is -2.84. The van der Waals surface area contributed by atoms with Gasteiger partial charge in [-0.05, 0) is 17.2 Å². The van der Waals surface area contributed by atoms with E-state index in [1.165, 1.54) is 0 Å². The molecule has 0 aromatic heterocycles. The maximum absolute atomic E-state index is 6.16. The van der Waals surface area contributed by atoms with Crippen molar-refractivity contribution >= 4 is 11.8 Å². The predicted octanol–water partition coefficient (Wildman–Crippen LogP) is 5.43. The van der Waals surface area contributed by atoms with Crippen LogP contribution in [0.4, 0.5) is 0 Å². The van der Waals surface area contributed by atoms with E-state index in [0.29, 0.717) is 6.61 Å². The second kappa shape index (κ2) is 6.73. The quantitative estimate of drug-likeness (QED) is 0.639. The minimum atomic E-state index is -0.401. The largest absolute Gasteiger partial charge is 0.460 e. The summed E-state index contributed by atoms with van der Waals surface area (Å²) in [5, 5.41) is 0. The lowest BCUT2D eigenvalue weighted by atomic mass is 10.0. The summed E-state index contributed by atoms with van der Waals surface area (Å²) in [7, 11) is 0. The lowest BCUT2D eigenvalue weighted by molar-refractivity contribution is -0.110. The van der Waals surface area contributed by atoms with Gasteiger partial charge in [0.15, 0.2) is 0 Å². The first kappa shape index (κ1) is 14.7. The highest BCUT2D eigenvalue weighted by Gasteiger charge is 2.23. The van der Waals surface area contributed by atoms with E-state index < -0.39 is 6.29 Å². The highest BCUT2D eigenvalue weighted by Crippen LogP contribution is 2.36. The third-order valence-corrected chi connectivity index (χ3v) is 4.07. The summed E-state index contributed by atoms with van der Waals surface area (Å²) in [6.45, 7) is 0.516. The zero-order valence-corrected chi connectivity index (χ0v) is 13.3. The summed E-state index contributed by atoms with van der Waals surface area (Å²) in [5.41, 5.74) is 4.39. The molecule has 1 aliphatic heterocycles. The number of hydrogen-bond donors (Lipinski definition) is 0. The van der Waals surface area contributed by atoms with E-state index in [1.807, 2.05) is 60.7 Å². The lowest BCUT2D eigenvalue weighted by Gasteiger charge is -2.27. The van der Waals surface area contributed by atoms with Crippen LogP contribution in [0.15, 0.2) is 84.9 Å². The molecular weight excluding hydrogens is 296 g/mol. The molecule has 0 saturated carbocycles. The molecule has 0 radical (unpaired) electrons. The zero-order valence-electron chi connectivity index (χ0n) is 13.3. The van der Waals surface area contributed by atoms with Crippen molar-refractivity contribution in [3.8, 4) is 0 Å². The first-order valence-electron chi connectivity index (χ1n) is 8.08. The fourth-order valence-corrected chi connectivity index (χ4v) is 2.83. The van der Waals surface area contributed by atoms with Gasteiger partial charge < -0.3 is 9.47 Å². The Morgan fingerprint density at radius 1 is 0.750 bits per heavy atom. The topological polar surface area (TPSA) is 18.5 Å². The van der Waals surface area contributed by atoms with Crippen LogP contribution >= 0.6 is 0 Å². The minimum Gasteiger partial charge on any atom is -0.460 e. The van der Waals surface area contributed by atoms with Crippen LogP contribution < -0.4 is 0 Å². The molecule has 2 heteroatoms. The summed E-state index contributed by atoms with van der Waals surface area (Å²) < 4.78 is 12.2. The van der Waals surface area contributed by atoms with Gasteiger partial charge >= 0.3 is 0 Å². The predicted molar refractivity (Wildman–Crippen MR) is 95.8 cm³/mol. The van der Waals surface area contributed by atoms with Crippen LogP contribution in [0.1, 0.15) is 28.5 Å². The van der Waals surface area contributed by atoms with Crippen molar-refractivity contribution in [3.05, 3.63) is 107 Å². The van der Waals surface area contributed by atoms with E-state index >= 15 is 0 Å². The average Bonchev–Trinajstić information content (AvgIpc) is 2.67. The summed E-state index contributed by atoms with van der Waals surface area (Å²) in [5.74, 6) is 0.840. The minimum absolute atomic E-state index is 0.401. The van der Waals surface area contributed by atoms with E-state index in [4.69, 9.17) is 9.47 Å². The van der Waals surface area contributed by atoms with Crippen molar-refractivity contribution in [2.45, 2.75) is 12.9 Å². The van der Waals surface area contributed by atoms with Gasteiger partial charge in [-0.1, -0.05) is 84.9 Å². The van der Waals surface area contributed by atoms with Crippen LogP contribution in [0, 0.1) is 0 Å². The molecule has 0 N–H and O–H groups in total. The van der Waals surface area contributed by atoms with Gasteiger partial charge in [-0.25, -0.2) is 0 Å². The molecule has 0 amide bonds. The van der Waals surface area contributed by atoms with Crippen LogP contribution in [0.5, 0.6) is 0 Å². The highest BCUT2D eigenvalue weighted by atomic mass is 16.7. The Balaban J connectivity index is 1.62. The molecular formula is C22H18O2. The number of hydrogen-bond acceptors (Lipinski definition) is 2. The van der Waals surface area contributed by atoms with Crippen molar-refractivity contribution in [2.75, 3.05) is 0 Å². The molecule has 4 rings (SSSR count). The van der Waals surface area contributed by atoms with E-state index in [9.17, 15) is 0 Å². The molecule has 118 valence electrons.